The Morgan fingerprint density at radius 3 is 2.36 bits per heavy atom. The zero-order chi connectivity index (χ0) is 18.5. The molecule has 0 N–H and O–H groups in total. The van der Waals surface area contributed by atoms with E-state index < -0.39 is 0 Å². The summed E-state index contributed by atoms with van der Waals surface area (Å²) in [5.74, 6) is 3.09. The monoisotopic (exact) mass is 348 g/mol. The largest absolute Gasteiger partial charge is 0.469 e. The van der Waals surface area contributed by atoms with Crippen molar-refractivity contribution in [3.63, 3.8) is 0 Å². The molecule has 0 aliphatic heterocycles. The maximum Gasteiger partial charge on any atom is 0.305 e. The molecule has 3 aliphatic rings. The Morgan fingerprint density at radius 1 is 0.960 bits per heavy atom. The van der Waals surface area contributed by atoms with E-state index in [1.807, 2.05) is 0 Å². The maximum atomic E-state index is 11.8. The van der Waals surface area contributed by atoms with Crippen LogP contribution in [-0.2, 0) is 9.53 Å². The highest BCUT2D eigenvalue weighted by atomic mass is 16.5. The molecule has 3 rings (SSSR count). The molecule has 25 heavy (non-hydrogen) atoms. The van der Waals surface area contributed by atoms with E-state index >= 15 is 0 Å². The van der Waals surface area contributed by atoms with Gasteiger partial charge < -0.3 is 4.74 Å². The van der Waals surface area contributed by atoms with Crippen LogP contribution in [0.2, 0.25) is 0 Å². The molecule has 3 fully saturated rings. The summed E-state index contributed by atoms with van der Waals surface area (Å²) in [6.45, 7) is 12.7. The van der Waals surface area contributed by atoms with Crippen LogP contribution in [0.5, 0.6) is 0 Å². The predicted octanol–water partition coefficient (Wildman–Crippen LogP) is 6.23. The molecule has 3 saturated carbocycles. The molecule has 0 aromatic carbocycles. The number of carbonyl (C=O) groups is 1. The van der Waals surface area contributed by atoms with Gasteiger partial charge in [0.05, 0.1) is 7.11 Å². The number of rotatable bonds is 3. The van der Waals surface area contributed by atoms with Gasteiger partial charge in [-0.2, -0.15) is 0 Å². The molecular weight excluding hydrogens is 308 g/mol. The van der Waals surface area contributed by atoms with Gasteiger partial charge in [0.1, 0.15) is 0 Å². The summed E-state index contributed by atoms with van der Waals surface area (Å²) in [5.41, 5.74) is 1.40. The number of hydrogen-bond donors (Lipinski definition) is 0. The number of esters is 1. The lowest BCUT2D eigenvalue weighted by Crippen LogP contribution is -2.59. The van der Waals surface area contributed by atoms with Crippen molar-refractivity contribution in [1.29, 1.82) is 0 Å². The first-order valence-corrected chi connectivity index (χ1v) is 10.7. The molecule has 0 amide bonds. The second-order valence-corrected chi connectivity index (χ2v) is 10.8. The Bertz CT molecular complexity index is 510. The summed E-state index contributed by atoms with van der Waals surface area (Å²) >= 11 is 0. The number of ether oxygens (including phenoxy) is 1. The average molecular weight is 349 g/mol. The van der Waals surface area contributed by atoms with Crippen LogP contribution in [0.1, 0.15) is 92.4 Å². The molecule has 0 bridgehead atoms. The van der Waals surface area contributed by atoms with Crippen LogP contribution in [0.25, 0.3) is 0 Å². The molecule has 0 spiro atoms. The van der Waals surface area contributed by atoms with Gasteiger partial charge in [0.2, 0.25) is 0 Å². The topological polar surface area (TPSA) is 26.3 Å². The first-order chi connectivity index (χ1) is 11.6. The van der Waals surface area contributed by atoms with Gasteiger partial charge in [-0.15, -0.1) is 0 Å². The predicted molar refractivity (Wildman–Crippen MR) is 103 cm³/mol. The zero-order valence-corrected chi connectivity index (χ0v) is 17.5. The van der Waals surface area contributed by atoms with E-state index in [1.165, 1.54) is 52.1 Å². The van der Waals surface area contributed by atoms with Crippen LogP contribution in [0.4, 0.5) is 0 Å². The normalized spacial score (nSPS) is 46.0. The summed E-state index contributed by atoms with van der Waals surface area (Å²) in [5, 5.41) is 0. The standard InChI is InChI=1S/C23H40O2/c1-16-8-10-19-22(4,17(16)9-11-20(24)25-6)15-12-18-21(2,3)13-7-14-23(18,19)5/h16-19H,7-15H2,1-6H3/t16-,17-,18+,19+,22+,23+/m1/s1. The summed E-state index contributed by atoms with van der Waals surface area (Å²) in [7, 11) is 1.52. The highest BCUT2D eigenvalue weighted by Crippen LogP contribution is 2.69. The van der Waals surface area contributed by atoms with Crippen molar-refractivity contribution in [3.05, 3.63) is 0 Å². The Morgan fingerprint density at radius 2 is 1.68 bits per heavy atom. The number of carbonyl (C=O) groups excluding carboxylic acids is 1. The third kappa shape index (κ3) is 3.06. The summed E-state index contributed by atoms with van der Waals surface area (Å²) in [6.07, 6.45) is 11.3. The fraction of sp³-hybridized carbons (Fsp3) is 0.957. The van der Waals surface area contributed by atoms with Gasteiger partial charge in [-0.25, -0.2) is 0 Å². The van der Waals surface area contributed by atoms with Crippen LogP contribution in [-0.4, -0.2) is 13.1 Å². The van der Waals surface area contributed by atoms with Crippen molar-refractivity contribution >= 4 is 5.97 Å². The Kier molecular flexibility index (Phi) is 5.06. The molecule has 3 aliphatic carbocycles. The quantitative estimate of drug-likeness (QED) is 0.565. The van der Waals surface area contributed by atoms with E-state index in [-0.39, 0.29) is 5.97 Å². The average Bonchev–Trinajstić information content (AvgIpc) is 2.52. The van der Waals surface area contributed by atoms with E-state index in [4.69, 9.17) is 4.74 Å². The molecule has 2 heteroatoms. The lowest BCUT2D eigenvalue weighted by molar-refractivity contribution is -0.175. The first-order valence-electron chi connectivity index (χ1n) is 10.7. The molecule has 0 aromatic rings. The van der Waals surface area contributed by atoms with Crippen LogP contribution in [0.15, 0.2) is 0 Å². The first kappa shape index (κ1) is 19.2. The zero-order valence-electron chi connectivity index (χ0n) is 17.5. The van der Waals surface area contributed by atoms with Gasteiger partial charge in [0, 0.05) is 6.42 Å². The third-order valence-corrected chi connectivity index (χ3v) is 9.17. The van der Waals surface area contributed by atoms with Crippen molar-refractivity contribution < 1.29 is 9.53 Å². The minimum absolute atomic E-state index is 0.0309. The molecule has 144 valence electrons. The molecule has 0 saturated heterocycles. The molecule has 2 nitrogen and oxygen atoms in total. The van der Waals surface area contributed by atoms with Crippen molar-refractivity contribution in [2.24, 2.45) is 39.9 Å². The van der Waals surface area contributed by atoms with Gasteiger partial charge in [-0.3, -0.25) is 4.79 Å². The minimum atomic E-state index is -0.0309. The SMILES string of the molecule is COC(=O)CC[C@@H]1[C@H](C)CC[C@H]2[C@@]1(C)CC[C@H]1C(C)(C)CCC[C@]21C. The molecule has 0 unspecified atom stereocenters. The molecule has 0 heterocycles. The van der Waals surface area contributed by atoms with Crippen LogP contribution >= 0.6 is 0 Å². The number of fused-ring (bicyclic) bond motifs is 3. The van der Waals surface area contributed by atoms with Crippen LogP contribution in [0.3, 0.4) is 0 Å². The lowest BCUT2D eigenvalue weighted by Gasteiger charge is -2.66. The highest BCUT2D eigenvalue weighted by Gasteiger charge is 2.61. The number of hydrogen-bond acceptors (Lipinski definition) is 2. The second-order valence-electron chi connectivity index (χ2n) is 10.8. The second kappa shape index (κ2) is 6.57. The smallest absolute Gasteiger partial charge is 0.305 e. The summed E-state index contributed by atoms with van der Waals surface area (Å²) in [4.78, 5) is 11.8. The Hall–Kier alpha value is -0.530. The van der Waals surface area contributed by atoms with Gasteiger partial charge in [0.25, 0.3) is 0 Å². The van der Waals surface area contributed by atoms with Crippen LogP contribution < -0.4 is 0 Å². The highest BCUT2D eigenvalue weighted by molar-refractivity contribution is 5.69. The fourth-order valence-electron chi connectivity index (χ4n) is 8.06. The van der Waals surface area contributed by atoms with Gasteiger partial charge in [-0.1, -0.05) is 47.5 Å². The fourth-order valence-corrected chi connectivity index (χ4v) is 8.06. The van der Waals surface area contributed by atoms with E-state index in [1.54, 1.807) is 0 Å². The maximum absolute atomic E-state index is 11.8. The van der Waals surface area contributed by atoms with Crippen molar-refractivity contribution in [1.82, 2.24) is 0 Å². The molecule has 0 radical (unpaired) electrons. The molecular formula is C23H40O2. The Labute approximate surface area is 155 Å². The van der Waals surface area contributed by atoms with E-state index in [0.29, 0.717) is 28.6 Å². The number of methoxy groups -OCH3 is 1. The Balaban J connectivity index is 1.88. The molecule has 0 aromatic heterocycles. The van der Waals surface area contributed by atoms with Gasteiger partial charge in [-0.05, 0) is 78.4 Å². The van der Waals surface area contributed by atoms with Crippen molar-refractivity contribution in [3.8, 4) is 0 Å². The van der Waals surface area contributed by atoms with Gasteiger partial charge >= 0.3 is 5.97 Å². The third-order valence-electron chi connectivity index (χ3n) is 9.17. The van der Waals surface area contributed by atoms with E-state index in [2.05, 4.69) is 34.6 Å². The molecule has 6 atom stereocenters. The van der Waals surface area contributed by atoms with Gasteiger partial charge in [0.15, 0.2) is 0 Å². The van der Waals surface area contributed by atoms with E-state index in [0.717, 1.165) is 24.2 Å². The van der Waals surface area contributed by atoms with Crippen molar-refractivity contribution in [2.45, 2.75) is 92.4 Å². The lowest BCUT2D eigenvalue weighted by atomic mass is 9.38. The van der Waals surface area contributed by atoms with Crippen LogP contribution in [0, 0.1) is 39.9 Å². The summed E-state index contributed by atoms with van der Waals surface area (Å²) in [6, 6.07) is 0. The summed E-state index contributed by atoms with van der Waals surface area (Å²) < 4.78 is 4.94. The van der Waals surface area contributed by atoms with Crippen molar-refractivity contribution in [2.75, 3.05) is 7.11 Å². The van der Waals surface area contributed by atoms with E-state index in [9.17, 15) is 4.79 Å². The minimum Gasteiger partial charge on any atom is -0.469 e.